The average Bonchev–Trinajstić information content (AvgIpc) is 3.79. The third-order valence-corrected chi connectivity index (χ3v) is 8.71. The van der Waals surface area contributed by atoms with Gasteiger partial charge in [0.1, 0.15) is 11.2 Å². The van der Waals surface area contributed by atoms with Gasteiger partial charge in [-0.15, -0.1) is 5.10 Å². The number of carboxylic acids is 1. The van der Waals surface area contributed by atoms with Crippen molar-refractivity contribution in [3.8, 4) is 22.5 Å². The molecule has 0 amide bonds. The van der Waals surface area contributed by atoms with Gasteiger partial charge >= 0.3 is 5.97 Å². The van der Waals surface area contributed by atoms with Gasteiger partial charge < -0.3 is 9.67 Å². The van der Waals surface area contributed by atoms with Crippen LogP contribution in [0, 0.1) is 0 Å². The van der Waals surface area contributed by atoms with E-state index >= 15 is 0 Å². The summed E-state index contributed by atoms with van der Waals surface area (Å²) in [5.41, 5.74) is 7.15. The third-order valence-electron chi connectivity index (χ3n) is 8.71. The standard InChI is InChI=1S/C41H33N5O2/c1-2-14-35-27-28-38(40(47)48)45(35)29-30-23-25-31(26-24-30)36-21-12-13-22-37(36)39-42-43-44-46(39)41(32-15-6-3-7-16-32,33-17-8-4-9-18-33)34-19-10-5-11-20-34/h2-28H,29H2,1H3,(H,47,48). The number of allylic oxidation sites excluding steroid dienone is 1. The number of rotatable bonds is 10. The van der Waals surface area contributed by atoms with Crippen molar-refractivity contribution in [2.24, 2.45) is 0 Å². The van der Waals surface area contributed by atoms with Crippen molar-refractivity contribution in [1.82, 2.24) is 24.8 Å². The Morgan fingerprint density at radius 3 is 1.77 bits per heavy atom. The quantitative estimate of drug-likeness (QED) is 0.154. The first-order valence-electron chi connectivity index (χ1n) is 15.8. The number of hydrogen-bond acceptors (Lipinski definition) is 4. The second-order valence-corrected chi connectivity index (χ2v) is 11.5. The van der Waals surface area contributed by atoms with E-state index < -0.39 is 11.5 Å². The molecule has 7 nitrogen and oxygen atoms in total. The molecule has 7 rings (SSSR count). The molecule has 0 bridgehead atoms. The van der Waals surface area contributed by atoms with E-state index in [0.717, 1.165) is 44.6 Å². The van der Waals surface area contributed by atoms with Gasteiger partial charge in [-0.3, -0.25) is 0 Å². The summed E-state index contributed by atoms with van der Waals surface area (Å²) in [7, 11) is 0. The predicted molar refractivity (Wildman–Crippen MR) is 188 cm³/mol. The van der Waals surface area contributed by atoms with Crippen molar-refractivity contribution < 1.29 is 9.90 Å². The van der Waals surface area contributed by atoms with Gasteiger partial charge in [0.05, 0.1) is 0 Å². The second kappa shape index (κ2) is 13.2. The molecule has 0 aliphatic heterocycles. The molecule has 7 heteroatoms. The summed E-state index contributed by atoms with van der Waals surface area (Å²) < 4.78 is 3.76. The molecule has 48 heavy (non-hydrogen) atoms. The maximum Gasteiger partial charge on any atom is 0.352 e. The molecule has 0 aliphatic carbocycles. The van der Waals surface area contributed by atoms with E-state index in [2.05, 4.69) is 71.0 Å². The molecule has 0 spiro atoms. The summed E-state index contributed by atoms with van der Waals surface area (Å²) in [6.45, 7) is 2.35. The molecule has 0 radical (unpaired) electrons. The van der Waals surface area contributed by atoms with E-state index in [-0.39, 0.29) is 5.69 Å². The molecular formula is C41H33N5O2. The maximum atomic E-state index is 11.9. The lowest BCUT2D eigenvalue weighted by Crippen LogP contribution is -2.39. The number of nitrogens with zero attached hydrogens (tertiary/aromatic N) is 5. The van der Waals surface area contributed by atoms with Gasteiger partial charge in [-0.05, 0) is 68.9 Å². The summed E-state index contributed by atoms with van der Waals surface area (Å²) in [6, 6.07) is 50.9. The fraction of sp³-hybridized carbons (Fsp3) is 0.0732. The fourth-order valence-electron chi connectivity index (χ4n) is 6.55. The zero-order chi connectivity index (χ0) is 32.9. The minimum absolute atomic E-state index is 0.253. The van der Waals surface area contributed by atoms with E-state index in [1.807, 2.05) is 113 Å². The van der Waals surface area contributed by atoms with Crippen molar-refractivity contribution in [3.05, 3.63) is 191 Å². The number of carboxylic acid groups (broad SMARTS) is 1. The van der Waals surface area contributed by atoms with Crippen LogP contribution in [0.1, 0.15) is 45.4 Å². The number of tetrazole rings is 1. The van der Waals surface area contributed by atoms with Crippen LogP contribution in [-0.2, 0) is 12.1 Å². The lowest BCUT2D eigenvalue weighted by molar-refractivity contribution is 0.0685. The van der Waals surface area contributed by atoms with E-state index in [4.69, 9.17) is 5.21 Å². The van der Waals surface area contributed by atoms with E-state index in [1.54, 1.807) is 6.07 Å². The zero-order valence-electron chi connectivity index (χ0n) is 26.4. The first kappa shape index (κ1) is 30.3. The number of aromatic nitrogens is 5. The first-order chi connectivity index (χ1) is 23.6. The first-order valence-corrected chi connectivity index (χ1v) is 15.8. The molecule has 0 atom stereocenters. The Morgan fingerprint density at radius 2 is 1.23 bits per heavy atom. The molecule has 2 heterocycles. The minimum Gasteiger partial charge on any atom is -0.477 e. The van der Waals surface area contributed by atoms with Gasteiger partial charge in [0.15, 0.2) is 5.82 Å². The van der Waals surface area contributed by atoms with Crippen LogP contribution in [0.15, 0.2) is 158 Å². The van der Waals surface area contributed by atoms with Crippen LogP contribution in [0.2, 0.25) is 0 Å². The summed E-state index contributed by atoms with van der Waals surface area (Å²) in [5, 5.41) is 23.5. The summed E-state index contributed by atoms with van der Waals surface area (Å²) in [4.78, 5) is 11.9. The highest BCUT2D eigenvalue weighted by atomic mass is 16.4. The van der Waals surface area contributed by atoms with Gasteiger partial charge in [0.2, 0.25) is 0 Å². The topological polar surface area (TPSA) is 85.8 Å². The van der Waals surface area contributed by atoms with Gasteiger partial charge in [0.25, 0.3) is 0 Å². The lowest BCUT2D eigenvalue weighted by atomic mass is 9.77. The summed E-state index contributed by atoms with van der Waals surface area (Å²) >= 11 is 0. The molecule has 2 aromatic heterocycles. The highest BCUT2D eigenvalue weighted by Gasteiger charge is 2.42. The van der Waals surface area contributed by atoms with Crippen LogP contribution >= 0.6 is 0 Å². The molecule has 0 fully saturated rings. The van der Waals surface area contributed by atoms with Gasteiger partial charge in [0, 0.05) is 17.8 Å². The van der Waals surface area contributed by atoms with Crippen molar-refractivity contribution in [2.75, 3.05) is 0 Å². The van der Waals surface area contributed by atoms with Crippen molar-refractivity contribution in [3.63, 3.8) is 0 Å². The number of benzene rings is 5. The molecular weight excluding hydrogens is 594 g/mol. The van der Waals surface area contributed by atoms with Crippen LogP contribution in [0.5, 0.6) is 0 Å². The highest BCUT2D eigenvalue weighted by Crippen LogP contribution is 2.43. The van der Waals surface area contributed by atoms with E-state index in [9.17, 15) is 9.90 Å². The number of carbonyl (C=O) groups is 1. The molecule has 234 valence electrons. The van der Waals surface area contributed by atoms with Crippen LogP contribution in [0.25, 0.3) is 28.6 Å². The van der Waals surface area contributed by atoms with Gasteiger partial charge in [-0.2, -0.15) is 0 Å². The molecule has 5 aromatic carbocycles. The third kappa shape index (κ3) is 5.41. The lowest BCUT2D eigenvalue weighted by Gasteiger charge is -2.36. The molecule has 0 saturated carbocycles. The molecule has 0 unspecified atom stereocenters. The Balaban J connectivity index is 1.36. The highest BCUT2D eigenvalue weighted by molar-refractivity contribution is 5.86. The van der Waals surface area contributed by atoms with Crippen LogP contribution in [0.3, 0.4) is 0 Å². The Hall–Kier alpha value is -6.34. The van der Waals surface area contributed by atoms with Crippen molar-refractivity contribution >= 4 is 12.0 Å². The Labute approximate surface area is 279 Å². The molecule has 1 N–H and O–H groups in total. The number of hydrogen-bond donors (Lipinski definition) is 1. The Bertz CT molecular complexity index is 2090. The zero-order valence-corrected chi connectivity index (χ0v) is 26.4. The monoisotopic (exact) mass is 627 g/mol. The summed E-state index contributed by atoms with van der Waals surface area (Å²) in [5.74, 6) is -0.327. The van der Waals surface area contributed by atoms with Crippen LogP contribution in [-0.4, -0.2) is 35.9 Å². The second-order valence-electron chi connectivity index (χ2n) is 11.5. The fourth-order valence-corrected chi connectivity index (χ4v) is 6.55. The molecule has 0 saturated heterocycles. The Morgan fingerprint density at radius 1 is 0.688 bits per heavy atom. The minimum atomic E-state index is -0.952. The maximum absolute atomic E-state index is 11.9. The molecule has 0 aliphatic rings. The van der Waals surface area contributed by atoms with Crippen LogP contribution < -0.4 is 0 Å². The summed E-state index contributed by atoms with van der Waals surface area (Å²) in [6.07, 6.45) is 3.83. The predicted octanol–water partition coefficient (Wildman–Crippen LogP) is 8.43. The van der Waals surface area contributed by atoms with Gasteiger partial charge in [-0.1, -0.05) is 146 Å². The number of aromatic carboxylic acids is 1. The smallest absolute Gasteiger partial charge is 0.352 e. The SMILES string of the molecule is CC=Cc1ccc(C(=O)O)n1Cc1ccc(-c2ccccc2-c2nnnn2C(c2ccccc2)(c2ccccc2)c2ccccc2)cc1. The van der Waals surface area contributed by atoms with E-state index in [1.165, 1.54) is 0 Å². The van der Waals surface area contributed by atoms with Crippen LogP contribution in [0.4, 0.5) is 0 Å². The molecule has 7 aromatic rings. The van der Waals surface area contributed by atoms with Crippen molar-refractivity contribution in [2.45, 2.75) is 19.0 Å². The average molecular weight is 628 g/mol. The largest absolute Gasteiger partial charge is 0.477 e. The normalized spacial score (nSPS) is 11.6. The van der Waals surface area contributed by atoms with E-state index in [0.29, 0.717) is 12.4 Å². The van der Waals surface area contributed by atoms with Crippen molar-refractivity contribution in [1.29, 1.82) is 0 Å². The van der Waals surface area contributed by atoms with Gasteiger partial charge in [-0.25, -0.2) is 9.48 Å². The Kier molecular flexibility index (Phi) is 8.33.